The first kappa shape index (κ1) is 16.5. The monoisotopic (exact) mass is 309 g/mol. The molecule has 0 radical (unpaired) electrons. The van der Waals surface area contributed by atoms with E-state index in [0.29, 0.717) is 24.8 Å². The predicted molar refractivity (Wildman–Crippen MR) is 82.2 cm³/mol. The second-order valence-corrected chi connectivity index (χ2v) is 5.14. The van der Waals surface area contributed by atoms with Crippen LogP contribution in [0.1, 0.15) is 19.8 Å². The molecule has 0 saturated carbocycles. The molecule has 0 aromatic carbocycles. The number of aromatic nitrogens is 1. The molecule has 1 aliphatic rings. The van der Waals surface area contributed by atoms with Crippen LogP contribution in [0.4, 0.5) is 10.5 Å². The molecule has 22 heavy (non-hydrogen) atoms. The van der Waals surface area contributed by atoms with E-state index >= 15 is 0 Å². The maximum absolute atomic E-state index is 12.1. The molecule has 1 fully saturated rings. The van der Waals surface area contributed by atoms with E-state index in [0.717, 1.165) is 19.4 Å². The molecule has 0 bridgehead atoms. The number of carbonyl (C=O) groups is 1. The normalized spacial score (nSPS) is 18.7. The quantitative estimate of drug-likeness (QED) is 0.751. The van der Waals surface area contributed by atoms with Gasteiger partial charge in [-0.3, -0.25) is 0 Å². The summed E-state index contributed by atoms with van der Waals surface area (Å²) < 4.78 is 16.0. The summed E-state index contributed by atoms with van der Waals surface area (Å²) in [5.41, 5.74) is 0.524. The van der Waals surface area contributed by atoms with Crippen LogP contribution in [0.25, 0.3) is 0 Å². The van der Waals surface area contributed by atoms with Gasteiger partial charge in [-0.05, 0) is 31.9 Å². The summed E-state index contributed by atoms with van der Waals surface area (Å²) in [7, 11) is 1.60. The minimum atomic E-state index is -0.299. The van der Waals surface area contributed by atoms with Gasteiger partial charge in [0.1, 0.15) is 12.3 Å². The maximum atomic E-state index is 12.1. The average molecular weight is 309 g/mol. The molecule has 0 unspecified atom stereocenters. The van der Waals surface area contributed by atoms with E-state index in [-0.39, 0.29) is 18.2 Å². The molecule has 2 amide bonds. The number of amides is 2. The zero-order chi connectivity index (χ0) is 15.8. The van der Waals surface area contributed by atoms with Gasteiger partial charge >= 0.3 is 6.03 Å². The lowest BCUT2D eigenvalue weighted by atomic mass is 10.1. The number of ether oxygens (including phenoxy) is 3. The molecular formula is C15H23N3O4. The van der Waals surface area contributed by atoms with Crippen LogP contribution in [0.3, 0.4) is 0 Å². The number of nitrogens with zero attached hydrogens (tertiary/aromatic N) is 1. The molecule has 0 spiro atoms. The van der Waals surface area contributed by atoms with E-state index < -0.39 is 0 Å². The minimum Gasteiger partial charge on any atom is -0.474 e. The average Bonchev–Trinajstić information content (AvgIpc) is 3.03. The lowest BCUT2D eigenvalue weighted by Gasteiger charge is -2.20. The van der Waals surface area contributed by atoms with Crippen molar-refractivity contribution in [3.05, 3.63) is 18.3 Å². The van der Waals surface area contributed by atoms with Crippen molar-refractivity contribution in [2.75, 3.05) is 32.2 Å². The smallest absolute Gasteiger partial charge is 0.319 e. The highest BCUT2D eigenvalue weighted by Crippen LogP contribution is 2.20. The molecule has 1 aromatic heterocycles. The van der Waals surface area contributed by atoms with Crippen LogP contribution >= 0.6 is 0 Å². The van der Waals surface area contributed by atoms with Gasteiger partial charge in [0.2, 0.25) is 5.88 Å². The minimum absolute atomic E-state index is 0.0444. The maximum Gasteiger partial charge on any atom is 0.319 e. The Morgan fingerprint density at radius 3 is 3.14 bits per heavy atom. The van der Waals surface area contributed by atoms with Crippen LogP contribution in [0.2, 0.25) is 0 Å². The Balaban J connectivity index is 1.87. The van der Waals surface area contributed by atoms with Crippen LogP contribution in [0, 0.1) is 0 Å². The fourth-order valence-corrected chi connectivity index (χ4v) is 2.28. The van der Waals surface area contributed by atoms with Crippen LogP contribution in [-0.4, -0.2) is 50.1 Å². The fraction of sp³-hybridized carbons (Fsp3) is 0.600. The van der Waals surface area contributed by atoms with E-state index in [9.17, 15) is 4.79 Å². The number of methoxy groups -OCH3 is 1. The molecule has 122 valence electrons. The van der Waals surface area contributed by atoms with Crippen molar-refractivity contribution in [3.8, 4) is 5.88 Å². The topological polar surface area (TPSA) is 81.7 Å². The Labute approximate surface area is 130 Å². The van der Waals surface area contributed by atoms with Crippen molar-refractivity contribution in [1.82, 2.24) is 10.3 Å². The predicted octanol–water partition coefficient (Wildman–Crippen LogP) is 1.80. The standard InChI is InChI=1S/C15H23N3O4/c1-11(13-6-4-8-21-13)17-15(19)18-12-5-3-7-16-14(12)22-10-9-20-2/h3,5,7,11,13H,4,6,8-10H2,1-2H3,(H2,17,18,19)/t11-,13-/m0/s1. The van der Waals surface area contributed by atoms with E-state index in [1.54, 1.807) is 25.4 Å². The number of carbonyl (C=O) groups excluding carboxylic acids is 1. The molecule has 2 heterocycles. The summed E-state index contributed by atoms with van der Waals surface area (Å²) in [5, 5.41) is 5.64. The van der Waals surface area contributed by atoms with Crippen LogP contribution < -0.4 is 15.4 Å². The first-order chi connectivity index (χ1) is 10.7. The van der Waals surface area contributed by atoms with Crippen LogP contribution in [0.15, 0.2) is 18.3 Å². The van der Waals surface area contributed by atoms with Crippen molar-refractivity contribution in [1.29, 1.82) is 0 Å². The summed E-state index contributed by atoms with van der Waals surface area (Å²) in [6, 6.07) is 3.14. The number of pyridine rings is 1. The molecule has 7 nitrogen and oxygen atoms in total. The van der Waals surface area contributed by atoms with Crippen LogP contribution in [-0.2, 0) is 9.47 Å². The summed E-state index contributed by atoms with van der Waals surface area (Å²) in [5.74, 6) is 0.375. The third-order valence-electron chi connectivity index (χ3n) is 3.43. The Morgan fingerprint density at radius 1 is 1.55 bits per heavy atom. The Kier molecular flexibility index (Phi) is 6.42. The second-order valence-electron chi connectivity index (χ2n) is 5.14. The Bertz CT molecular complexity index is 478. The summed E-state index contributed by atoms with van der Waals surface area (Å²) in [6.07, 6.45) is 3.70. The zero-order valence-corrected chi connectivity index (χ0v) is 13.0. The highest BCUT2D eigenvalue weighted by Gasteiger charge is 2.23. The van der Waals surface area contributed by atoms with Gasteiger partial charge in [0.05, 0.1) is 18.8 Å². The molecule has 1 aromatic rings. The molecule has 2 rings (SSSR count). The first-order valence-corrected chi connectivity index (χ1v) is 7.46. The fourth-order valence-electron chi connectivity index (χ4n) is 2.28. The lowest BCUT2D eigenvalue weighted by Crippen LogP contribution is -2.43. The molecule has 7 heteroatoms. The number of nitrogens with one attached hydrogen (secondary N) is 2. The van der Waals surface area contributed by atoms with Gasteiger partial charge in [0.15, 0.2) is 0 Å². The van der Waals surface area contributed by atoms with Gasteiger partial charge < -0.3 is 24.8 Å². The van der Waals surface area contributed by atoms with Crippen LogP contribution in [0.5, 0.6) is 5.88 Å². The zero-order valence-electron chi connectivity index (χ0n) is 13.0. The summed E-state index contributed by atoms with van der Waals surface area (Å²) in [6.45, 7) is 3.53. The van der Waals surface area contributed by atoms with Crippen molar-refractivity contribution in [2.45, 2.75) is 31.9 Å². The van der Waals surface area contributed by atoms with Crippen molar-refractivity contribution in [2.24, 2.45) is 0 Å². The highest BCUT2D eigenvalue weighted by atomic mass is 16.5. The van der Waals surface area contributed by atoms with E-state index in [2.05, 4.69) is 15.6 Å². The van der Waals surface area contributed by atoms with E-state index in [4.69, 9.17) is 14.2 Å². The number of hydrogen-bond acceptors (Lipinski definition) is 5. The van der Waals surface area contributed by atoms with Gasteiger partial charge in [-0.1, -0.05) is 0 Å². The molecule has 2 N–H and O–H groups in total. The lowest BCUT2D eigenvalue weighted by molar-refractivity contribution is 0.0868. The Hall–Kier alpha value is -1.86. The molecular weight excluding hydrogens is 286 g/mol. The summed E-state index contributed by atoms with van der Waals surface area (Å²) >= 11 is 0. The largest absolute Gasteiger partial charge is 0.474 e. The SMILES string of the molecule is COCCOc1ncccc1NC(=O)N[C@@H](C)[C@@H]1CCCO1. The number of hydrogen-bond donors (Lipinski definition) is 2. The van der Waals surface area contributed by atoms with Gasteiger partial charge in [-0.25, -0.2) is 9.78 Å². The number of urea groups is 1. The van der Waals surface area contributed by atoms with E-state index in [1.165, 1.54) is 0 Å². The molecule has 1 saturated heterocycles. The third kappa shape index (κ3) is 4.85. The second kappa shape index (κ2) is 8.55. The molecule has 2 atom stereocenters. The van der Waals surface area contributed by atoms with Crippen molar-refractivity contribution < 1.29 is 19.0 Å². The van der Waals surface area contributed by atoms with Gasteiger partial charge in [0.25, 0.3) is 0 Å². The molecule has 1 aliphatic heterocycles. The Morgan fingerprint density at radius 2 is 2.41 bits per heavy atom. The first-order valence-electron chi connectivity index (χ1n) is 7.46. The van der Waals surface area contributed by atoms with Crippen molar-refractivity contribution in [3.63, 3.8) is 0 Å². The van der Waals surface area contributed by atoms with Crippen molar-refractivity contribution >= 4 is 11.7 Å². The number of anilines is 1. The molecule has 0 aliphatic carbocycles. The van der Waals surface area contributed by atoms with Gasteiger partial charge in [-0.15, -0.1) is 0 Å². The van der Waals surface area contributed by atoms with Gasteiger partial charge in [-0.2, -0.15) is 0 Å². The summed E-state index contributed by atoms with van der Waals surface area (Å²) in [4.78, 5) is 16.2. The van der Waals surface area contributed by atoms with E-state index in [1.807, 2.05) is 6.92 Å². The van der Waals surface area contributed by atoms with Gasteiger partial charge in [0, 0.05) is 19.9 Å². The number of rotatable bonds is 7. The highest BCUT2D eigenvalue weighted by molar-refractivity contribution is 5.90. The third-order valence-corrected chi connectivity index (χ3v) is 3.43.